The Balaban J connectivity index is 1.54. The van der Waals surface area contributed by atoms with Crippen LogP contribution in [-0.4, -0.2) is 20.8 Å². The van der Waals surface area contributed by atoms with Crippen LogP contribution >= 0.6 is 35.0 Å². The van der Waals surface area contributed by atoms with Crippen LogP contribution in [0.4, 0.5) is 23.7 Å². The van der Waals surface area contributed by atoms with Crippen molar-refractivity contribution in [1.82, 2.24) is 20.1 Å². The van der Waals surface area contributed by atoms with Crippen LogP contribution in [-0.2, 0) is 18.5 Å². The van der Waals surface area contributed by atoms with Crippen molar-refractivity contribution in [3.63, 3.8) is 0 Å². The number of hydrogen-bond acceptors (Lipinski definition) is 4. The summed E-state index contributed by atoms with van der Waals surface area (Å²) in [6, 6.07) is 16.7. The van der Waals surface area contributed by atoms with Crippen LogP contribution < -0.4 is 10.6 Å². The first-order chi connectivity index (χ1) is 17.6. The zero-order chi connectivity index (χ0) is 26.6. The Morgan fingerprint density at radius 1 is 1.03 bits per heavy atom. The van der Waals surface area contributed by atoms with Gasteiger partial charge in [0.2, 0.25) is 0 Å². The molecular formula is C25H20Cl2F3N5OS. The summed E-state index contributed by atoms with van der Waals surface area (Å²) in [5, 5.41) is 14.9. The molecule has 0 atom stereocenters. The molecule has 2 amide bonds. The van der Waals surface area contributed by atoms with Gasteiger partial charge in [0.25, 0.3) is 0 Å². The molecule has 0 aliphatic carbocycles. The Kier molecular flexibility index (Phi) is 8.31. The van der Waals surface area contributed by atoms with Gasteiger partial charge < -0.3 is 10.6 Å². The van der Waals surface area contributed by atoms with Gasteiger partial charge in [-0.25, -0.2) is 4.79 Å². The molecule has 0 bridgehead atoms. The predicted octanol–water partition coefficient (Wildman–Crippen LogP) is 7.52. The standard InChI is InChI=1S/C25H20Cl2F3N5OS/c1-15-4-2-5-16(10-15)14-37-24-34-33-22(35(24)21-12-18(26)8-9-20(21)27)13-31-23(36)32-19-7-3-6-17(11-19)25(28,29)30/h2-12H,13-14H2,1H3,(H2,31,32,36). The van der Waals surface area contributed by atoms with Crippen molar-refractivity contribution in [2.45, 2.75) is 30.6 Å². The second-order valence-corrected chi connectivity index (χ2v) is 9.78. The summed E-state index contributed by atoms with van der Waals surface area (Å²) in [5.74, 6) is 0.969. The summed E-state index contributed by atoms with van der Waals surface area (Å²) in [4.78, 5) is 12.5. The van der Waals surface area contributed by atoms with E-state index in [0.717, 1.165) is 23.3 Å². The van der Waals surface area contributed by atoms with Gasteiger partial charge in [-0.15, -0.1) is 10.2 Å². The zero-order valence-electron chi connectivity index (χ0n) is 19.3. The highest BCUT2D eigenvalue weighted by Gasteiger charge is 2.30. The van der Waals surface area contributed by atoms with Crippen LogP contribution in [0, 0.1) is 6.92 Å². The third-order valence-corrected chi connectivity index (χ3v) is 6.71. The lowest BCUT2D eigenvalue weighted by Crippen LogP contribution is -2.29. The molecular weight excluding hydrogens is 546 g/mol. The number of aromatic nitrogens is 3. The van der Waals surface area contributed by atoms with Crippen molar-refractivity contribution in [3.05, 3.63) is 99.3 Å². The first-order valence-corrected chi connectivity index (χ1v) is 12.6. The van der Waals surface area contributed by atoms with Crippen LogP contribution in [0.5, 0.6) is 0 Å². The largest absolute Gasteiger partial charge is 0.416 e. The van der Waals surface area contributed by atoms with Gasteiger partial charge in [-0.3, -0.25) is 4.57 Å². The van der Waals surface area contributed by atoms with Crippen molar-refractivity contribution < 1.29 is 18.0 Å². The van der Waals surface area contributed by atoms with Gasteiger partial charge in [0.15, 0.2) is 11.0 Å². The van der Waals surface area contributed by atoms with Crippen LogP contribution in [0.1, 0.15) is 22.5 Å². The summed E-state index contributed by atoms with van der Waals surface area (Å²) in [7, 11) is 0. The van der Waals surface area contributed by atoms with Gasteiger partial charge in [0.05, 0.1) is 22.8 Å². The van der Waals surface area contributed by atoms with E-state index >= 15 is 0 Å². The van der Waals surface area contributed by atoms with Crippen LogP contribution in [0.2, 0.25) is 10.0 Å². The van der Waals surface area contributed by atoms with Crippen molar-refractivity contribution in [3.8, 4) is 5.69 Å². The maximum absolute atomic E-state index is 13.0. The molecule has 0 spiro atoms. The number of aryl methyl sites for hydroxylation is 1. The Morgan fingerprint density at radius 3 is 2.57 bits per heavy atom. The molecule has 0 aliphatic rings. The Labute approximate surface area is 225 Å². The first kappa shape index (κ1) is 26.8. The third-order valence-electron chi connectivity index (χ3n) is 5.15. The summed E-state index contributed by atoms with van der Waals surface area (Å²) in [6.45, 7) is 1.93. The van der Waals surface area contributed by atoms with E-state index < -0.39 is 17.8 Å². The van der Waals surface area contributed by atoms with Crippen LogP contribution in [0.25, 0.3) is 5.69 Å². The van der Waals surface area contributed by atoms with E-state index in [4.69, 9.17) is 23.2 Å². The lowest BCUT2D eigenvalue weighted by molar-refractivity contribution is -0.137. The number of alkyl halides is 3. The first-order valence-electron chi connectivity index (χ1n) is 10.9. The molecule has 192 valence electrons. The molecule has 0 unspecified atom stereocenters. The number of nitrogens with zero attached hydrogens (tertiary/aromatic N) is 3. The number of hydrogen-bond donors (Lipinski definition) is 2. The molecule has 4 rings (SSSR count). The van der Waals surface area contributed by atoms with Gasteiger partial charge in [0, 0.05) is 16.5 Å². The second-order valence-electron chi connectivity index (χ2n) is 7.99. The Bertz CT molecular complexity index is 1430. The molecule has 0 fully saturated rings. The lowest BCUT2D eigenvalue weighted by Gasteiger charge is -2.14. The Morgan fingerprint density at radius 2 is 1.81 bits per heavy atom. The maximum atomic E-state index is 13.0. The van der Waals surface area contributed by atoms with Crippen LogP contribution in [0.15, 0.2) is 71.9 Å². The molecule has 0 aliphatic heterocycles. The zero-order valence-corrected chi connectivity index (χ0v) is 21.6. The summed E-state index contributed by atoms with van der Waals surface area (Å²) in [5.41, 5.74) is 1.89. The van der Waals surface area contributed by atoms with E-state index in [-0.39, 0.29) is 12.2 Å². The molecule has 0 saturated heterocycles. The average molecular weight is 566 g/mol. The molecule has 1 heterocycles. The quantitative estimate of drug-likeness (QED) is 0.227. The van der Waals surface area contributed by atoms with Crippen molar-refractivity contribution in [2.24, 2.45) is 0 Å². The van der Waals surface area contributed by atoms with E-state index in [0.29, 0.717) is 32.5 Å². The summed E-state index contributed by atoms with van der Waals surface area (Å²) in [6.07, 6.45) is -4.52. The van der Waals surface area contributed by atoms with E-state index in [9.17, 15) is 18.0 Å². The monoisotopic (exact) mass is 565 g/mol. The van der Waals surface area contributed by atoms with E-state index in [2.05, 4.69) is 26.9 Å². The highest BCUT2D eigenvalue weighted by atomic mass is 35.5. The number of urea groups is 1. The fourth-order valence-electron chi connectivity index (χ4n) is 3.47. The molecule has 12 heteroatoms. The smallest absolute Gasteiger partial charge is 0.331 e. The number of halogens is 5. The SMILES string of the molecule is Cc1cccc(CSc2nnc(CNC(=O)Nc3cccc(C(F)(F)F)c3)n2-c2cc(Cl)ccc2Cl)c1. The molecule has 1 aromatic heterocycles. The van der Waals surface area contributed by atoms with Crippen LogP contribution in [0.3, 0.4) is 0 Å². The maximum Gasteiger partial charge on any atom is 0.416 e. The van der Waals surface area contributed by atoms with E-state index in [1.54, 1.807) is 22.8 Å². The fourth-order valence-corrected chi connectivity index (χ4v) is 4.74. The van der Waals surface area contributed by atoms with Gasteiger partial charge >= 0.3 is 12.2 Å². The number of anilines is 1. The number of carbonyl (C=O) groups excluding carboxylic acids is 1. The van der Waals surface area contributed by atoms with E-state index in [1.807, 2.05) is 25.1 Å². The van der Waals surface area contributed by atoms with Crippen molar-refractivity contribution >= 4 is 46.7 Å². The molecule has 4 aromatic rings. The highest BCUT2D eigenvalue weighted by molar-refractivity contribution is 7.98. The normalized spacial score (nSPS) is 11.4. The van der Waals surface area contributed by atoms with Crippen molar-refractivity contribution in [2.75, 3.05) is 5.32 Å². The minimum absolute atomic E-state index is 0.000997. The predicted molar refractivity (Wildman–Crippen MR) is 139 cm³/mol. The van der Waals surface area contributed by atoms with Gasteiger partial charge in [-0.1, -0.05) is 70.9 Å². The number of nitrogens with one attached hydrogen (secondary N) is 2. The molecule has 37 heavy (non-hydrogen) atoms. The molecule has 6 nitrogen and oxygen atoms in total. The number of amides is 2. The number of carbonyl (C=O) groups is 1. The Hall–Kier alpha value is -3.21. The number of rotatable bonds is 7. The van der Waals surface area contributed by atoms with Crippen molar-refractivity contribution in [1.29, 1.82) is 0 Å². The minimum Gasteiger partial charge on any atom is -0.331 e. The number of benzene rings is 3. The summed E-state index contributed by atoms with van der Waals surface area (Å²) < 4.78 is 40.6. The van der Waals surface area contributed by atoms with Gasteiger partial charge in [-0.2, -0.15) is 13.2 Å². The molecule has 3 aromatic carbocycles. The minimum atomic E-state index is -4.52. The summed E-state index contributed by atoms with van der Waals surface area (Å²) >= 11 is 14.1. The molecule has 0 radical (unpaired) electrons. The third kappa shape index (κ3) is 6.97. The lowest BCUT2D eigenvalue weighted by atomic mass is 10.2. The highest BCUT2D eigenvalue weighted by Crippen LogP contribution is 2.32. The van der Waals surface area contributed by atoms with Gasteiger partial charge in [0.1, 0.15) is 0 Å². The molecule has 0 saturated carbocycles. The average Bonchev–Trinajstić information content (AvgIpc) is 3.25. The second kappa shape index (κ2) is 11.5. The topological polar surface area (TPSA) is 71.8 Å². The van der Waals surface area contributed by atoms with E-state index in [1.165, 1.54) is 23.9 Å². The molecule has 2 N–H and O–H groups in total. The van der Waals surface area contributed by atoms with Gasteiger partial charge in [-0.05, 0) is 48.9 Å². The fraction of sp³-hybridized carbons (Fsp3) is 0.160. The number of thioether (sulfide) groups is 1.